The molecule has 0 saturated carbocycles. The van der Waals surface area contributed by atoms with Crippen molar-refractivity contribution < 1.29 is 22.4 Å². The molecule has 2 N–H and O–H groups in total. The van der Waals surface area contributed by atoms with E-state index in [-0.39, 0.29) is 11.9 Å². The van der Waals surface area contributed by atoms with Crippen LogP contribution in [0.3, 0.4) is 0 Å². The molecule has 1 unspecified atom stereocenters. The molecule has 9 heteroatoms. The van der Waals surface area contributed by atoms with Crippen molar-refractivity contribution in [3.8, 4) is 0 Å². The Morgan fingerprint density at radius 1 is 1.33 bits per heavy atom. The zero-order valence-electron chi connectivity index (χ0n) is 18.5. The van der Waals surface area contributed by atoms with Crippen LogP contribution in [0.25, 0.3) is 0 Å². The predicted molar refractivity (Wildman–Crippen MR) is 120 cm³/mol. The summed E-state index contributed by atoms with van der Waals surface area (Å²) in [5, 5.41) is 6.06. The number of nitrogens with one attached hydrogen (secondary N) is 2. The van der Waals surface area contributed by atoms with Crippen molar-refractivity contribution in [2.75, 3.05) is 25.5 Å². The van der Waals surface area contributed by atoms with Gasteiger partial charge in [-0.15, -0.1) is 0 Å². The molecule has 0 bridgehead atoms. The fourth-order valence-electron chi connectivity index (χ4n) is 4.61. The van der Waals surface area contributed by atoms with Gasteiger partial charge in [0.05, 0.1) is 11.6 Å². The smallest absolute Gasteiger partial charge is 0.379 e. The molecular weight excluding hydrogens is 436 g/mol. The molecule has 3 heterocycles. The van der Waals surface area contributed by atoms with E-state index in [0.29, 0.717) is 54.8 Å². The second-order valence-electron chi connectivity index (χ2n) is 8.99. The lowest BCUT2D eigenvalue weighted by Crippen LogP contribution is -2.46. The van der Waals surface area contributed by atoms with Crippen LogP contribution in [0.15, 0.2) is 47.5 Å². The third-order valence-corrected chi connectivity index (χ3v) is 6.49. The van der Waals surface area contributed by atoms with Crippen LogP contribution in [0.4, 0.5) is 23.2 Å². The van der Waals surface area contributed by atoms with Crippen molar-refractivity contribution in [1.82, 2.24) is 10.2 Å². The van der Waals surface area contributed by atoms with E-state index < -0.39 is 30.0 Å². The van der Waals surface area contributed by atoms with E-state index in [9.17, 15) is 22.4 Å². The van der Waals surface area contributed by atoms with Gasteiger partial charge < -0.3 is 15.5 Å². The van der Waals surface area contributed by atoms with Gasteiger partial charge in [-0.3, -0.25) is 9.79 Å². The van der Waals surface area contributed by atoms with Gasteiger partial charge in [0.2, 0.25) is 5.91 Å². The lowest BCUT2D eigenvalue weighted by molar-refractivity contribution is -0.119. The number of carbonyl (C=O) groups is 1. The van der Waals surface area contributed by atoms with Crippen LogP contribution in [-0.4, -0.2) is 61.1 Å². The summed E-state index contributed by atoms with van der Waals surface area (Å²) in [4.78, 5) is 17.7. The molecule has 0 aromatic heterocycles. The summed E-state index contributed by atoms with van der Waals surface area (Å²) < 4.78 is 55.4. The van der Waals surface area contributed by atoms with Crippen LogP contribution in [0.5, 0.6) is 0 Å². The first-order valence-electron chi connectivity index (χ1n) is 11.1. The molecule has 3 aliphatic heterocycles. The molecule has 4 atom stereocenters. The van der Waals surface area contributed by atoms with E-state index in [0.717, 1.165) is 6.54 Å². The summed E-state index contributed by atoms with van der Waals surface area (Å²) in [6, 6.07) is 3.23. The van der Waals surface area contributed by atoms with Crippen LogP contribution in [0, 0.1) is 0 Å². The van der Waals surface area contributed by atoms with Gasteiger partial charge in [-0.1, -0.05) is 24.8 Å². The molecular formula is C24H28F4N4O. The third-order valence-electron chi connectivity index (χ3n) is 6.49. The predicted octanol–water partition coefficient (Wildman–Crippen LogP) is 4.13. The Morgan fingerprint density at radius 3 is 2.79 bits per heavy atom. The SMILES string of the molecule is C=C(C1N=C(/C=C/[C@H]2CCC(=O)N2)Cc2c(N[C@@H]3CCN(C)C[C@@H]3F)cccc21)C(F)(F)F. The van der Waals surface area contributed by atoms with Crippen LogP contribution in [0.2, 0.25) is 0 Å². The van der Waals surface area contributed by atoms with E-state index in [4.69, 9.17) is 0 Å². The molecule has 178 valence electrons. The maximum atomic E-state index is 14.6. The monoisotopic (exact) mass is 464 g/mol. The number of allylic oxidation sites excluding steroid dienone is 1. The van der Waals surface area contributed by atoms with Gasteiger partial charge in [0.15, 0.2) is 0 Å². The Balaban J connectivity index is 1.64. The molecule has 1 aromatic rings. The minimum absolute atomic E-state index is 0.0469. The third kappa shape index (κ3) is 5.29. The number of piperidine rings is 1. The van der Waals surface area contributed by atoms with Crippen molar-refractivity contribution in [2.45, 2.75) is 56.2 Å². The van der Waals surface area contributed by atoms with Gasteiger partial charge in [-0.05, 0) is 43.2 Å². The first kappa shape index (κ1) is 23.5. The molecule has 0 radical (unpaired) electrons. The molecule has 0 aliphatic carbocycles. The highest BCUT2D eigenvalue weighted by atomic mass is 19.4. The number of likely N-dealkylation sites (tertiary alicyclic amines) is 1. The summed E-state index contributed by atoms with van der Waals surface area (Å²) in [6.07, 6.45) is -0.261. The normalized spacial score (nSPS) is 28.4. The number of hydrogen-bond acceptors (Lipinski definition) is 4. The van der Waals surface area contributed by atoms with Crippen LogP contribution < -0.4 is 10.6 Å². The second kappa shape index (κ2) is 9.29. The fourth-order valence-corrected chi connectivity index (χ4v) is 4.61. The molecule has 1 amide bonds. The second-order valence-corrected chi connectivity index (χ2v) is 8.99. The highest BCUT2D eigenvalue weighted by Crippen LogP contribution is 2.42. The van der Waals surface area contributed by atoms with Crippen LogP contribution in [0.1, 0.15) is 36.4 Å². The standard InChI is InChI=1S/C24H28F4N4O/c1-14(24(26,27)28)23-17-4-3-5-20(31-21-10-11-32(2)13-19(21)25)18(17)12-16(30-23)7-6-15-8-9-22(33)29-15/h3-7,15,19,21,23,31H,1,8-13H2,2H3,(H,29,33)/b7-6+/t15-,19-,21+,23?/m0/s1. The van der Waals surface area contributed by atoms with Crippen molar-refractivity contribution in [1.29, 1.82) is 0 Å². The Bertz CT molecular complexity index is 987. The van der Waals surface area contributed by atoms with E-state index in [2.05, 4.69) is 22.2 Å². The van der Waals surface area contributed by atoms with Gasteiger partial charge >= 0.3 is 6.18 Å². The lowest BCUT2D eigenvalue weighted by atomic mass is 9.87. The number of halogens is 4. The Labute approximate surface area is 190 Å². The van der Waals surface area contributed by atoms with E-state index in [1.807, 2.05) is 11.9 Å². The number of aliphatic imine (C=N–C) groups is 1. The van der Waals surface area contributed by atoms with Gasteiger partial charge in [0.25, 0.3) is 0 Å². The van der Waals surface area contributed by atoms with E-state index >= 15 is 0 Å². The van der Waals surface area contributed by atoms with Crippen molar-refractivity contribution in [3.05, 3.63) is 53.6 Å². The minimum atomic E-state index is -4.60. The number of fused-ring (bicyclic) bond motifs is 1. The summed E-state index contributed by atoms with van der Waals surface area (Å²) in [7, 11) is 1.86. The maximum absolute atomic E-state index is 14.6. The Morgan fingerprint density at radius 2 is 2.12 bits per heavy atom. The zero-order chi connectivity index (χ0) is 23.8. The van der Waals surface area contributed by atoms with Crippen molar-refractivity contribution in [3.63, 3.8) is 0 Å². The average molecular weight is 465 g/mol. The quantitative estimate of drug-likeness (QED) is 0.509. The maximum Gasteiger partial charge on any atom is 0.414 e. The lowest BCUT2D eigenvalue weighted by Gasteiger charge is -2.35. The minimum Gasteiger partial charge on any atom is -0.379 e. The first-order chi connectivity index (χ1) is 15.6. The first-order valence-corrected chi connectivity index (χ1v) is 11.1. The largest absolute Gasteiger partial charge is 0.414 e. The number of amides is 1. The molecule has 2 fully saturated rings. The number of rotatable bonds is 5. The average Bonchev–Trinajstić information content (AvgIpc) is 3.18. The van der Waals surface area contributed by atoms with Crippen LogP contribution in [-0.2, 0) is 11.2 Å². The Kier molecular flexibility index (Phi) is 6.61. The topological polar surface area (TPSA) is 56.7 Å². The number of anilines is 1. The number of carbonyl (C=O) groups excluding carboxylic acids is 1. The van der Waals surface area contributed by atoms with Crippen LogP contribution >= 0.6 is 0 Å². The van der Waals surface area contributed by atoms with Crippen molar-refractivity contribution in [2.24, 2.45) is 4.99 Å². The highest BCUT2D eigenvalue weighted by molar-refractivity contribution is 5.99. The molecule has 0 spiro atoms. The van der Waals surface area contributed by atoms with Gasteiger partial charge in [-0.2, -0.15) is 13.2 Å². The van der Waals surface area contributed by atoms with Gasteiger partial charge in [-0.25, -0.2) is 4.39 Å². The molecule has 3 aliphatic rings. The molecule has 33 heavy (non-hydrogen) atoms. The summed E-state index contributed by atoms with van der Waals surface area (Å²) >= 11 is 0. The molecule has 5 nitrogen and oxygen atoms in total. The summed E-state index contributed by atoms with van der Waals surface area (Å²) in [6.45, 7) is 4.34. The highest BCUT2D eigenvalue weighted by Gasteiger charge is 2.40. The fraction of sp³-hybridized carbons (Fsp3) is 0.500. The molecule has 4 rings (SSSR count). The molecule has 1 aromatic carbocycles. The summed E-state index contributed by atoms with van der Waals surface area (Å²) in [5.41, 5.74) is 1.25. The number of benzene rings is 1. The van der Waals surface area contributed by atoms with Gasteiger partial charge in [0, 0.05) is 43.4 Å². The summed E-state index contributed by atoms with van der Waals surface area (Å²) in [5.74, 6) is -0.0469. The van der Waals surface area contributed by atoms with E-state index in [1.54, 1.807) is 30.4 Å². The number of nitrogens with zero attached hydrogens (tertiary/aromatic N) is 2. The van der Waals surface area contributed by atoms with Crippen molar-refractivity contribution >= 4 is 17.3 Å². The molecule has 2 saturated heterocycles. The zero-order valence-corrected chi connectivity index (χ0v) is 18.5. The number of alkyl halides is 4. The van der Waals surface area contributed by atoms with E-state index in [1.165, 1.54) is 0 Å². The van der Waals surface area contributed by atoms with Gasteiger partial charge in [0.1, 0.15) is 12.2 Å². The Hall–Kier alpha value is -2.68. The number of hydrogen-bond donors (Lipinski definition) is 2.